The number of hydrogen-bond acceptors (Lipinski definition) is 4. The van der Waals surface area contributed by atoms with Crippen molar-refractivity contribution in [1.82, 2.24) is 9.88 Å². The molecule has 4 heteroatoms. The van der Waals surface area contributed by atoms with Crippen LogP contribution in [0.1, 0.15) is 18.5 Å². The van der Waals surface area contributed by atoms with E-state index in [0.29, 0.717) is 5.92 Å². The van der Waals surface area contributed by atoms with Crippen molar-refractivity contribution in [3.8, 4) is 0 Å². The SMILES string of the molecule is CN(Cc1ccc(N)cn1)CC1CCCOC1. The molecular formula is C13H21N3O. The van der Waals surface area contributed by atoms with E-state index >= 15 is 0 Å². The van der Waals surface area contributed by atoms with Gasteiger partial charge >= 0.3 is 0 Å². The Morgan fingerprint density at radius 1 is 1.53 bits per heavy atom. The van der Waals surface area contributed by atoms with Crippen LogP contribution in [0.25, 0.3) is 0 Å². The monoisotopic (exact) mass is 235 g/mol. The maximum Gasteiger partial charge on any atom is 0.0545 e. The van der Waals surface area contributed by atoms with Gasteiger partial charge in [0.05, 0.1) is 24.2 Å². The Morgan fingerprint density at radius 3 is 3.06 bits per heavy atom. The van der Waals surface area contributed by atoms with Gasteiger partial charge in [0.2, 0.25) is 0 Å². The van der Waals surface area contributed by atoms with E-state index in [0.717, 1.165) is 37.7 Å². The fourth-order valence-electron chi connectivity index (χ4n) is 2.26. The van der Waals surface area contributed by atoms with Crippen LogP contribution < -0.4 is 5.73 Å². The molecule has 1 aliphatic rings. The molecule has 4 nitrogen and oxygen atoms in total. The molecule has 0 aliphatic carbocycles. The van der Waals surface area contributed by atoms with Crippen LogP contribution in [0.4, 0.5) is 5.69 Å². The van der Waals surface area contributed by atoms with Crippen LogP contribution in [0, 0.1) is 5.92 Å². The van der Waals surface area contributed by atoms with Gasteiger partial charge in [-0.05, 0) is 37.9 Å². The van der Waals surface area contributed by atoms with Gasteiger partial charge in [-0.25, -0.2) is 0 Å². The van der Waals surface area contributed by atoms with Crippen molar-refractivity contribution in [2.24, 2.45) is 5.92 Å². The van der Waals surface area contributed by atoms with Crippen LogP contribution in [0.5, 0.6) is 0 Å². The summed E-state index contributed by atoms with van der Waals surface area (Å²) in [5.41, 5.74) is 7.40. The zero-order valence-electron chi connectivity index (χ0n) is 10.4. The molecule has 0 spiro atoms. The first-order chi connectivity index (χ1) is 8.24. The quantitative estimate of drug-likeness (QED) is 0.859. The fraction of sp³-hybridized carbons (Fsp3) is 0.615. The lowest BCUT2D eigenvalue weighted by Gasteiger charge is -2.26. The van der Waals surface area contributed by atoms with E-state index in [1.165, 1.54) is 12.8 Å². The van der Waals surface area contributed by atoms with Gasteiger partial charge in [-0.15, -0.1) is 0 Å². The summed E-state index contributed by atoms with van der Waals surface area (Å²) in [6.45, 7) is 3.78. The number of nitrogens with zero attached hydrogens (tertiary/aromatic N) is 2. The van der Waals surface area contributed by atoms with Crippen molar-refractivity contribution < 1.29 is 4.74 Å². The molecule has 0 amide bonds. The van der Waals surface area contributed by atoms with Crippen molar-refractivity contribution in [2.45, 2.75) is 19.4 Å². The van der Waals surface area contributed by atoms with Crippen LogP contribution >= 0.6 is 0 Å². The van der Waals surface area contributed by atoms with E-state index < -0.39 is 0 Å². The summed E-state index contributed by atoms with van der Waals surface area (Å²) >= 11 is 0. The summed E-state index contributed by atoms with van der Waals surface area (Å²) in [7, 11) is 2.13. The number of hydrogen-bond donors (Lipinski definition) is 1. The highest BCUT2D eigenvalue weighted by Gasteiger charge is 2.15. The van der Waals surface area contributed by atoms with E-state index in [-0.39, 0.29) is 0 Å². The average molecular weight is 235 g/mol. The molecule has 17 heavy (non-hydrogen) atoms. The Hall–Kier alpha value is -1.13. The van der Waals surface area contributed by atoms with Crippen molar-refractivity contribution in [3.05, 3.63) is 24.0 Å². The van der Waals surface area contributed by atoms with Gasteiger partial charge < -0.3 is 15.4 Å². The first-order valence-corrected chi connectivity index (χ1v) is 6.21. The minimum Gasteiger partial charge on any atom is -0.397 e. The molecule has 1 aromatic heterocycles. The minimum absolute atomic E-state index is 0.669. The zero-order chi connectivity index (χ0) is 12.1. The molecule has 2 N–H and O–H groups in total. The predicted octanol–water partition coefficient (Wildman–Crippen LogP) is 1.52. The summed E-state index contributed by atoms with van der Waals surface area (Å²) in [4.78, 5) is 6.62. The molecule has 2 rings (SSSR count). The van der Waals surface area contributed by atoms with Crippen molar-refractivity contribution >= 4 is 5.69 Å². The first kappa shape index (κ1) is 12.3. The molecule has 1 fully saturated rings. The van der Waals surface area contributed by atoms with Gasteiger partial charge in [-0.1, -0.05) is 0 Å². The molecule has 0 bridgehead atoms. The number of nitrogens with two attached hydrogens (primary N) is 1. The number of pyridine rings is 1. The number of rotatable bonds is 4. The average Bonchev–Trinajstić information content (AvgIpc) is 2.33. The number of aromatic nitrogens is 1. The van der Waals surface area contributed by atoms with E-state index in [9.17, 15) is 0 Å². The summed E-state index contributed by atoms with van der Waals surface area (Å²) in [6, 6.07) is 3.89. The van der Waals surface area contributed by atoms with Crippen LogP contribution in [0.3, 0.4) is 0 Å². The molecule has 0 saturated carbocycles. The van der Waals surface area contributed by atoms with Gasteiger partial charge in [0.1, 0.15) is 0 Å². The maximum atomic E-state index is 5.61. The highest BCUT2D eigenvalue weighted by Crippen LogP contribution is 2.15. The molecule has 1 aliphatic heterocycles. The smallest absolute Gasteiger partial charge is 0.0545 e. The van der Waals surface area contributed by atoms with Crippen molar-refractivity contribution in [3.63, 3.8) is 0 Å². The minimum atomic E-state index is 0.669. The van der Waals surface area contributed by atoms with Crippen LogP contribution in [-0.4, -0.2) is 36.7 Å². The third kappa shape index (κ3) is 3.98. The van der Waals surface area contributed by atoms with Gasteiger partial charge in [-0.3, -0.25) is 4.98 Å². The van der Waals surface area contributed by atoms with E-state index in [2.05, 4.69) is 16.9 Å². The lowest BCUT2D eigenvalue weighted by atomic mass is 10.0. The topological polar surface area (TPSA) is 51.4 Å². The van der Waals surface area contributed by atoms with Gasteiger partial charge in [0.15, 0.2) is 0 Å². The van der Waals surface area contributed by atoms with Crippen LogP contribution in [0.15, 0.2) is 18.3 Å². The number of ether oxygens (including phenoxy) is 1. The standard InChI is InChI=1S/C13H21N3O/c1-16(8-11-3-2-6-17-10-11)9-13-5-4-12(14)7-15-13/h4-5,7,11H,2-3,6,8-10,14H2,1H3. The highest BCUT2D eigenvalue weighted by atomic mass is 16.5. The maximum absolute atomic E-state index is 5.61. The molecular weight excluding hydrogens is 214 g/mol. The van der Waals surface area contributed by atoms with Crippen molar-refractivity contribution in [2.75, 3.05) is 32.5 Å². The molecule has 0 aromatic carbocycles. The fourth-order valence-corrected chi connectivity index (χ4v) is 2.26. The Morgan fingerprint density at radius 2 is 2.41 bits per heavy atom. The molecule has 1 saturated heterocycles. The molecule has 94 valence electrons. The van der Waals surface area contributed by atoms with Crippen molar-refractivity contribution in [1.29, 1.82) is 0 Å². The molecule has 1 aromatic rings. The second-order valence-electron chi connectivity index (χ2n) is 4.86. The summed E-state index contributed by atoms with van der Waals surface area (Å²) in [5.74, 6) is 0.669. The Balaban J connectivity index is 1.79. The Kier molecular flexibility index (Phi) is 4.34. The van der Waals surface area contributed by atoms with E-state index in [1.54, 1.807) is 6.20 Å². The van der Waals surface area contributed by atoms with Gasteiger partial charge in [0, 0.05) is 19.7 Å². The van der Waals surface area contributed by atoms with Crippen LogP contribution in [0.2, 0.25) is 0 Å². The molecule has 1 atom stereocenters. The van der Waals surface area contributed by atoms with Gasteiger partial charge in [-0.2, -0.15) is 0 Å². The van der Waals surface area contributed by atoms with Gasteiger partial charge in [0.25, 0.3) is 0 Å². The van der Waals surface area contributed by atoms with E-state index in [1.807, 2.05) is 12.1 Å². The summed E-state index contributed by atoms with van der Waals surface area (Å²) in [5, 5.41) is 0. The van der Waals surface area contributed by atoms with Crippen LogP contribution in [-0.2, 0) is 11.3 Å². The summed E-state index contributed by atoms with van der Waals surface area (Å²) in [6.07, 6.45) is 4.19. The lowest BCUT2D eigenvalue weighted by molar-refractivity contribution is 0.0410. The zero-order valence-corrected chi connectivity index (χ0v) is 10.4. The second-order valence-corrected chi connectivity index (χ2v) is 4.86. The number of nitrogen functional groups attached to an aromatic ring is 1. The lowest BCUT2D eigenvalue weighted by Crippen LogP contribution is -2.30. The molecule has 0 radical (unpaired) electrons. The molecule has 1 unspecified atom stereocenters. The third-order valence-electron chi connectivity index (χ3n) is 3.10. The molecule has 2 heterocycles. The summed E-state index contributed by atoms with van der Waals surface area (Å²) < 4.78 is 5.49. The Bertz CT molecular complexity index is 333. The Labute approximate surface area is 103 Å². The normalized spacial score (nSPS) is 20.7. The largest absolute Gasteiger partial charge is 0.397 e. The third-order valence-corrected chi connectivity index (χ3v) is 3.10. The first-order valence-electron chi connectivity index (χ1n) is 6.21. The second kappa shape index (κ2) is 5.98. The highest BCUT2D eigenvalue weighted by molar-refractivity contribution is 5.34. The van der Waals surface area contributed by atoms with E-state index in [4.69, 9.17) is 10.5 Å². The predicted molar refractivity (Wildman–Crippen MR) is 68.5 cm³/mol. The number of anilines is 1.